The highest BCUT2D eigenvalue weighted by Gasteiger charge is 2.26. The largest absolute Gasteiger partial charge is 0.324 e. The van der Waals surface area contributed by atoms with E-state index in [2.05, 4.69) is 34.7 Å². The molecule has 0 saturated carbocycles. The Morgan fingerprint density at radius 2 is 2.17 bits per heavy atom. The van der Waals surface area contributed by atoms with Crippen LogP contribution in [0, 0.1) is 12.8 Å². The summed E-state index contributed by atoms with van der Waals surface area (Å²) in [4.78, 5) is 15.6. The number of nitrogens with zero attached hydrogens (tertiary/aromatic N) is 3. The summed E-state index contributed by atoms with van der Waals surface area (Å²) in [5.74, 6) is 2.35. The highest BCUT2D eigenvalue weighted by Crippen LogP contribution is 2.26. The predicted molar refractivity (Wildman–Crippen MR) is 93.8 cm³/mol. The average molecular weight is 330 g/mol. The van der Waals surface area contributed by atoms with Gasteiger partial charge >= 0.3 is 6.03 Å². The molecule has 1 aromatic carbocycles. The van der Waals surface area contributed by atoms with Gasteiger partial charge in [-0.1, -0.05) is 18.2 Å². The van der Waals surface area contributed by atoms with E-state index in [1.807, 2.05) is 42.8 Å². The van der Waals surface area contributed by atoms with Gasteiger partial charge in [0.05, 0.1) is 5.69 Å². The molecule has 23 heavy (non-hydrogen) atoms. The first-order valence-electron chi connectivity index (χ1n) is 7.86. The van der Waals surface area contributed by atoms with Crippen molar-refractivity contribution in [1.82, 2.24) is 14.7 Å². The molecule has 1 saturated heterocycles. The van der Waals surface area contributed by atoms with Crippen LogP contribution in [0.4, 0.5) is 10.6 Å². The molecule has 1 aliphatic rings. The molecular formula is C17H22N4OS. The lowest BCUT2D eigenvalue weighted by Crippen LogP contribution is -2.33. The molecule has 0 aliphatic carbocycles. The summed E-state index contributed by atoms with van der Waals surface area (Å²) in [5, 5.41) is 7.20. The molecule has 3 rings (SSSR count). The van der Waals surface area contributed by atoms with Crippen molar-refractivity contribution in [3.63, 3.8) is 0 Å². The van der Waals surface area contributed by atoms with E-state index < -0.39 is 0 Å². The Morgan fingerprint density at radius 3 is 2.87 bits per heavy atom. The van der Waals surface area contributed by atoms with E-state index in [1.54, 1.807) is 4.68 Å². The topological polar surface area (TPSA) is 50.2 Å². The van der Waals surface area contributed by atoms with Crippen molar-refractivity contribution in [2.45, 2.75) is 18.2 Å². The fourth-order valence-electron chi connectivity index (χ4n) is 2.80. The number of carbonyl (C=O) groups excluding carboxylic acids is 1. The van der Waals surface area contributed by atoms with E-state index in [9.17, 15) is 4.79 Å². The van der Waals surface area contributed by atoms with E-state index >= 15 is 0 Å². The van der Waals surface area contributed by atoms with Crippen molar-refractivity contribution in [1.29, 1.82) is 0 Å². The van der Waals surface area contributed by atoms with Crippen molar-refractivity contribution in [2.24, 2.45) is 13.0 Å². The molecule has 0 spiro atoms. The minimum absolute atomic E-state index is 0.0276. The Morgan fingerprint density at radius 1 is 1.39 bits per heavy atom. The van der Waals surface area contributed by atoms with Gasteiger partial charge in [0.25, 0.3) is 0 Å². The number of aryl methyl sites for hydroxylation is 2. The maximum atomic E-state index is 12.4. The second-order valence-electron chi connectivity index (χ2n) is 5.95. The van der Waals surface area contributed by atoms with Crippen LogP contribution in [0.1, 0.15) is 12.1 Å². The highest BCUT2D eigenvalue weighted by molar-refractivity contribution is 7.99. The fraction of sp³-hybridized carbons (Fsp3) is 0.412. The number of hydrogen-bond acceptors (Lipinski definition) is 3. The van der Waals surface area contributed by atoms with Crippen LogP contribution in [0.15, 0.2) is 41.3 Å². The first-order valence-corrected chi connectivity index (χ1v) is 8.85. The zero-order chi connectivity index (χ0) is 16.2. The van der Waals surface area contributed by atoms with Crippen LogP contribution < -0.4 is 5.32 Å². The maximum Gasteiger partial charge on any atom is 0.323 e. The molecule has 2 aromatic rings. The predicted octanol–water partition coefficient (Wildman–Crippen LogP) is 3.37. The zero-order valence-corrected chi connectivity index (χ0v) is 14.3. The van der Waals surface area contributed by atoms with Crippen LogP contribution in [-0.2, 0) is 7.05 Å². The smallest absolute Gasteiger partial charge is 0.323 e. The number of urea groups is 1. The Labute approximate surface area is 141 Å². The summed E-state index contributed by atoms with van der Waals surface area (Å²) < 4.78 is 1.70. The third-order valence-electron chi connectivity index (χ3n) is 4.04. The number of hydrogen-bond donors (Lipinski definition) is 1. The third-order valence-corrected chi connectivity index (χ3v) is 5.28. The summed E-state index contributed by atoms with van der Waals surface area (Å²) >= 11 is 1.87. The van der Waals surface area contributed by atoms with E-state index in [4.69, 9.17) is 0 Å². The molecule has 1 N–H and O–H groups in total. The van der Waals surface area contributed by atoms with E-state index in [1.165, 1.54) is 4.90 Å². The molecule has 1 aromatic heterocycles. The van der Waals surface area contributed by atoms with Crippen LogP contribution >= 0.6 is 11.8 Å². The number of carbonyl (C=O) groups is 1. The number of thioether (sulfide) groups is 1. The van der Waals surface area contributed by atoms with Gasteiger partial charge in [-0.15, -0.1) is 11.8 Å². The average Bonchev–Trinajstić information content (AvgIpc) is 3.13. The van der Waals surface area contributed by atoms with Gasteiger partial charge in [-0.25, -0.2) is 4.79 Å². The van der Waals surface area contributed by atoms with E-state index in [0.29, 0.717) is 5.92 Å². The van der Waals surface area contributed by atoms with Crippen molar-refractivity contribution < 1.29 is 4.79 Å². The molecule has 122 valence electrons. The summed E-state index contributed by atoms with van der Waals surface area (Å²) in [7, 11) is 1.84. The zero-order valence-electron chi connectivity index (χ0n) is 13.5. The van der Waals surface area contributed by atoms with Gasteiger partial charge in [0, 0.05) is 36.9 Å². The lowest BCUT2D eigenvalue weighted by molar-refractivity contribution is 0.221. The van der Waals surface area contributed by atoms with Gasteiger partial charge in [-0.3, -0.25) is 10.00 Å². The molecule has 2 heterocycles. The Bertz CT molecular complexity index is 670. The Hall–Kier alpha value is -1.95. The second kappa shape index (κ2) is 7.08. The molecule has 0 unspecified atom stereocenters. The molecule has 5 nitrogen and oxygen atoms in total. The number of rotatable bonds is 4. The number of anilines is 1. The Kier molecular flexibility index (Phi) is 4.91. The minimum atomic E-state index is -0.0276. The van der Waals surface area contributed by atoms with Gasteiger partial charge in [0.2, 0.25) is 0 Å². The molecule has 1 aliphatic heterocycles. The van der Waals surface area contributed by atoms with Crippen molar-refractivity contribution >= 4 is 23.6 Å². The lowest BCUT2D eigenvalue weighted by Gasteiger charge is -2.17. The van der Waals surface area contributed by atoms with Gasteiger partial charge in [-0.05, 0) is 31.4 Å². The van der Waals surface area contributed by atoms with Crippen LogP contribution in [0.5, 0.6) is 0 Å². The van der Waals surface area contributed by atoms with Crippen LogP contribution in [0.3, 0.4) is 0 Å². The maximum absolute atomic E-state index is 12.4. The van der Waals surface area contributed by atoms with Crippen LogP contribution in [0.2, 0.25) is 0 Å². The van der Waals surface area contributed by atoms with Crippen LogP contribution in [0.25, 0.3) is 0 Å². The number of amides is 2. The fourth-order valence-corrected chi connectivity index (χ4v) is 3.85. The monoisotopic (exact) mass is 330 g/mol. The molecule has 0 bridgehead atoms. The minimum Gasteiger partial charge on any atom is -0.324 e. The standard InChI is InChI=1S/C17H22N4OS/c1-13-10-16(20(2)19-13)18-17(22)21-9-8-14(11-21)12-23-15-6-4-3-5-7-15/h3-7,10,14H,8-9,11-12H2,1-2H3,(H,18,22)/t14-/m1/s1. The number of likely N-dealkylation sites (tertiary alicyclic amines) is 1. The van der Waals surface area contributed by atoms with Crippen molar-refractivity contribution in [2.75, 3.05) is 24.2 Å². The molecule has 1 fully saturated rings. The summed E-state index contributed by atoms with van der Waals surface area (Å²) in [5.41, 5.74) is 0.904. The Balaban J connectivity index is 1.49. The third kappa shape index (κ3) is 4.07. The van der Waals surface area contributed by atoms with E-state index in [-0.39, 0.29) is 6.03 Å². The van der Waals surface area contributed by atoms with Crippen molar-refractivity contribution in [3.05, 3.63) is 42.1 Å². The SMILES string of the molecule is Cc1cc(NC(=O)N2CC[C@@H](CSc3ccccc3)C2)n(C)n1. The first-order chi connectivity index (χ1) is 11.1. The molecule has 2 amide bonds. The van der Waals surface area contributed by atoms with Crippen LogP contribution in [-0.4, -0.2) is 39.6 Å². The molecule has 0 radical (unpaired) electrons. The molecule has 6 heteroatoms. The second-order valence-corrected chi connectivity index (χ2v) is 7.04. The van der Waals surface area contributed by atoms with Gasteiger partial charge < -0.3 is 4.90 Å². The summed E-state index contributed by atoms with van der Waals surface area (Å²) in [6.07, 6.45) is 1.07. The summed E-state index contributed by atoms with van der Waals surface area (Å²) in [6, 6.07) is 12.3. The van der Waals surface area contributed by atoms with Gasteiger partial charge in [0.15, 0.2) is 0 Å². The lowest BCUT2D eigenvalue weighted by atomic mass is 10.2. The number of aromatic nitrogens is 2. The summed E-state index contributed by atoms with van der Waals surface area (Å²) in [6.45, 7) is 3.56. The molecular weight excluding hydrogens is 308 g/mol. The normalized spacial score (nSPS) is 17.5. The van der Waals surface area contributed by atoms with E-state index in [0.717, 1.165) is 36.8 Å². The molecule has 1 atom stereocenters. The quantitative estimate of drug-likeness (QED) is 0.875. The highest BCUT2D eigenvalue weighted by atomic mass is 32.2. The number of benzene rings is 1. The first kappa shape index (κ1) is 15.9. The van der Waals surface area contributed by atoms with Gasteiger partial charge in [-0.2, -0.15) is 5.10 Å². The van der Waals surface area contributed by atoms with Crippen molar-refractivity contribution in [3.8, 4) is 0 Å². The van der Waals surface area contributed by atoms with Gasteiger partial charge in [0.1, 0.15) is 5.82 Å². The number of nitrogens with one attached hydrogen (secondary N) is 1.